The van der Waals surface area contributed by atoms with Crippen LogP contribution in [0.4, 0.5) is 4.79 Å². The summed E-state index contributed by atoms with van der Waals surface area (Å²) in [6.45, 7) is -0.605. The van der Waals surface area contributed by atoms with E-state index in [2.05, 4.69) is 10.6 Å². The molecule has 0 spiro atoms. The molecule has 2 amide bonds. The molecule has 0 unspecified atom stereocenters. The minimum atomic E-state index is -1.63. The molecular weight excluding hydrogens is 264 g/mol. The number of ether oxygens (including phenoxy) is 1. The van der Waals surface area contributed by atoms with Gasteiger partial charge in [-0.2, -0.15) is 5.01 Å². The minimum absolute atomic E-state index is 0. The van der Waals surface area contributed by atoms with Crippen molar-refractivity contribution in [2.75, 3.05) is 13.7 Å². The first-order valence-electron chi connectivity index (χ1n) is 5.10. The summed E-state index contributed by atoms with van der Waals surface area (Å²) < 4.78 is 4.80. The molecular formula is C8H18N4O7. The lowest BCUT2D eigenvalue weighted by Crippen LogP contribution is -2.64. The van der Waals surface area contributed by atoms with E-state index in [1.807, 2.05) is 0 Å². The summed E-state index contributed by atoms with van der Waals surface area (Å²) in [5, 5.41) is 42.4. The van der Waals surface area contributed by atoms with Crippen LogP contribution >= 0.6 is 0 Å². The molecule has 1 saturated heterocycles. The number of carbonyl (C=O) groups excluding carboxylic acids is 1. The smallest absolute Gasteiger partial charge is 0.340 e. The molecule has 5 atom stereocenters. The lowest BCUT2D eigenvalue weighted by Gasteiger charge is -2.40. The Bertz CT molecular complexity index is 317. The molecule has 0 radical (unpaired) electrons. The molecule has 0 aliphatic carbocycles. The number of nitrogens with one attached hydrogen (secondary N) is 1. The topological polar surface area (TPSA) is 187 Å². The van der Waals surface area contributed by atoms with E-state index in [-0.39, 0.29) is 6.15 Å². The van der Waals surface area contributed by atoms with Crippen LogP contribution in [0, 0.1) is 4.91 Å². The summed E-state index contributed by atoms with van der Waals surface area (Å²) in [5.41, 5.74) is 0. The Morgan fingerprint density at radius 2 is 1.95 bits per heavy atom. The highest BCUT2D eigenvalue weighted by Crippen LogP contribution is 2.19. The Balaban J connectivity index is 0.00000324. The number of rotatable bonds is 3. The molecule has 0 saturated carbocycles. The number of amides is 2. The van der Waals surface area contributed by atoms with E-state index < -0.39 is 43.3 Å². The Kier molecular flexibility index (Phi) is 6.75. The molecule has 11 nitrogen and oxygen atoms in total. The molecule has 11 heteroatoms. The van der Waals surface area contributed by atoms with Gasteiger partial charge in [0, 0.05) is 7.05 Å². The Morgan fingerprint density at radius 3 is 2.42 bits per heavy atom. The van der Waals surface area contributed by atoms with Gasteiger partial charge in [0.15, 0.2) is 6.29 Å². The van der Waals surface area contributed by atoms with E-state index in [1.165, 1.54) is 0 Å². The molecule has 0 aromatic heterocycles. The first-order chi connectivity index (χ1) is 8.42. The van der Waals surface area contributed by atoms with Gasteiger partial charge in [0.2, 0.25) is 0 Å². The maximum absolute atomic E-state index is 11.3. The number of nitrogens with zero attached hydrogens (tertiary/aromatic N) is 2. The van der Waals surface area contributed by atoms with Crippen molar-refractivity contribution < 1.29 is 30.0 Å². The van der Waals surface area contributed by atoms with Gasteiger partial charge >= 0.3 is 6.03 Å². The van der Waals surface area contributed by atoms with Gasteiger partial charge in [0.1, 0.15) is 24.4 Å². The second-order valence-electron chi connectivity index (χ2n) is 3.81. The van der Waals surface area contributed by atoms with Gasteiger partial charge in [-0.15, -0.1) is 4.91 Å². The zero-order chi connectivity index (χ0) is 13.9. The van der Waals surface area contributed by atoms with Crippen LogP contribution in [-0.4, -0.2) is 75.8 Å². The van der Waals surface area contributed by atoms with Gasteiger partial charge in [-0.1, -0.05) is 0 Å². The zero-order valence-electron chi connectivity index (χ0n) is 10.2. The van der Waals surface area contributed by atoms with Crippen molar-refractivity contribution >= 4 is 6.03 Å². The molecule has 1 heterocycles. The fraction of sp³-hybridized carbons (Fsp3) is 0.875. The first-order valence-corrected chi connectivity index (χ1v) is 5.10. The number of aliphatic hydroxyl groups is 4. The van der Waals surface area contributed by atoms with Gasteiger partial charge in [0.05, 0.1) is 11.9 Å². The van der Waals surface area contributed by atoms with Crippen molar-refractivity contribution in [3.63, 3.8) is 0 Å². The molecule has 1 aliphatic rings. The van der Waals surface area contributed by atoms with Crippen LogP contribution in [0.15, 0.2) is 5.29 Å². The summed E-state index contributed by atoms with van der Waals surface area (Å²) in [4.78, 5) is 21.4. The van der Waals surface area contributed by atoms with Crippen molar-refractivity contribution in [2.45, 2.75) is 30.6 Å². The highest BCUT2D eigenvalue weighted by atomic mass is 16.6. The maximum atomic E-state index is 11.3. The molecule has 112 valence electrons. The lowest BCUT2D eigenvalue weighted by molar-refractivity contribution is -0.252. The predicted octanol–water partition coefficient (Wildman–Crippen LogP) is -2.73. The third-order valence-electron chi connectivity index (χ3n) is 2.61. The SMILES string of the molecule is CN(N=O)C(=O)N[C@@H]1[C@@H](O)[C@H](O)[C@@H](CO)O[C@@H]1O.N. The molecule has 1 aliphatic heterocycles. The number of aliphatic hydroxyl groups excluding tert-OH is 4. The number of hydrogen-bond acceptors (Lipinski definition) is 9. The predicted molar refractivity (Wildman–Crippen MR) is 60.9 cm³/mol. The Morgan fingerprint density at radius 1 is 1.37 bits per heavy atom. The molecule has 19 heavy (non-hydrogen) atoms. The second kappa shape index (κ2) is 7.28. The van der Waals surface area contributed by atoms with Crippen LogP contribution in [0.25, 0.3) is 0 Å². The van der Waals surface area contributed by atoms with Crippen LogP contribution < -0.4 is 11.5 Å². The Labute approximate surface area is 108 Å². The number of hydrogen-bond donors (Lipinski definition) is 6. The third-order valence-corrected chi connectivity index (χ3v) is 2.61. The first kappa shape index (κ1) is 17.6. The standard InChI is InChI=1S/C8H15N3O7.H3N/c1-11(10-17)8(16)9-4-6(14)5(13)3(2-12)18-7(4)15;/h3-7,12-15H,2H2,1H3,(H,9,16);1H3/t3-,4-,5-,6-,7+;/m1./s1. The summed E-state index contributed by atoms with van der Waals surface area (Å²) in [6.07, 6.45) is -5.84. The molecule has 1 fully saturated rings. The van der Waals surface area contributed by atoms with E-state index in [0.717, 1.165) is 7.05 Å². The van der Waals surface area contributed by atoms with Crippen molar-refractivity contribution in [3.8, 4) is 0 Å². The largest absolute Gasteiger partial charge is 0.394 e. The monoisotopic (exact) mass is 282 g/mol. The molecule has 0 aromatic carbocycles. The number of nitroso groups, excluding NO2 is 1. The Hall–Kier alpha value is -1.37. The lowest BCUT2D eigenvalue weighted by atomic mass is 9.97. The van der Waals surface area contributed by atoms with Crippen LogP contribution in [-0.2, 0) is 4.74 Å². The van der Waals surface area contributed by atoms with E-state index in [0.29, 0.717) is 5.01 Å². The number of urea groups is 1. The summed E-state index contributed by atoms with van der Waals surface area (Å²) in [6, 6.07) is -2.33. The second-order valence-corrected chi connectivity index (χ2v) is 3.81. The average molecular weight is 282 g/mol. The van der Waals surface area contributed by atoms with Crippen molar-refractivity contribution in [1.29, 1.82) is 0 Å². The normalized spacial score (nSPS) is 34.1. The third kappa shape index (κ3) is 3.79. The van der Waals surface area contributed by atoms with Crippen molar-refractivity contribution in [1.82, 2.24) is 16.5 Å². The van der Waals surface area contributed by atoms with E-state index in [9.17, 15) is 25.0 Å². The van der Waals surface area contributed by atoms with Crippen LogP contribution in [0.2, 0.25) is 0 Å². The molecule has 1 rings (SSSR count). The van der Waals surface area contributed by atoms with Crippen LogP contribution in [0.5, 0.6) is 0 Å². The van der Waals surface area contributed by atoms with Gasteiger partial charge in [-0.05, 0) is 0 Å². The molecule has 0 aromatic rings. The van der Waals surface area contributed by atoms with Gasteiger partial charge in [0.25, 0.3) is 0 Å². The van der Waals surface area contributed by atoms with E-state index >= 15 is 0 Å². The van der Waals surface area contributed by atoms with Gasteiger partial charge in [-0.3, -0.25) is 0 Å². The van der Waals surface area contributed by atoms with Gasteiger partial charge in [-0.25, -0.2) is 4.79 Å². The highest BCUT2D eigenvalue weighted by molar-refractivity contribution is 5.73. The highest BCUT2D eigenvalue weighted by Gasteiger charge is 2.44. The van der Waals surface area contributed by atoms with Crippen molar-refractivity contribution in [2.24, 2.45) is 5.29 Å². The maximum Gasteiger partial charge on any atom is 0.340 e. The van der Waals surface area contributed by atoms with Crippen LogP contribution in [0.3, 0.4) is 0 Å². The summed E-state index contributed by atoms with van der Waals surface area (Å²) >= 11 is 0. The van der Waals surface area contributed by atoms with Gasteiger partial charge < -0.3 is 36.6 Å². The molecule has 0 bridgehead atoms. The van der Waals surface area contributed by atoms with Crippen LogP contribution in [0.1, 0.15) is 0 Å². The number of carbonyl (C=O) groups is 1. The zero-order valence-corrected chi connectivity index (χ0v) is 10.2. The minimum Gasteiger partial charge on any atom is -0.394 e. The van der Waals surface area contributed by atoms with Crippen molar-refractivity contribution in [3.05, 3.63) is 4.91 Å². The fourth-order valence-electron chi connectivity index (χ4n) is 1.53. The quantitative estimate of drug-likeness (QED) is 0.237. The van der Waals surface area contributed by atoms with E-state index in [1.54, 1.807) is 0 Å². The fourth-order valence-corrected chi connectivity index (χ4v) is 1.53. The summed E-state index contributed by atoms with van der Waals surface area (Å²) in [5.74, 6) is 0. The average Bonchev–Trinajstić information content (AvgIpc) is 2.37. The molecule has 8 N–H and O–H groups in total. The summed E-state index contributed by atoms with van der Waals surface area (Å²) in [7, 11) is 1.07. The van der Waals surface area contributed by atoms with E-state index in [4.69, 9.17) is 9.84 Å².